The molecule has 0 bridgehead atoms. The van der Waals surface area contributed by atoms with Crippen LogP contribution in [-0.2, 0) is 0 Å². The Labute approximate surface area is 129 Å². The Morgan fingerprint density at radius 1 is 1.29 bits per heavy atom. The van der Waals surface area contributed by atoms with Crippen LogP contribution in [0, 0.1) is 0 Å². The van der Waals surface area contributed by atoms with Gasteiger partial charge in [-0.05, 0) is 38.1 Å². The Hall–Kier alpha value is -1.72. The normalized spacial score (nSPS) is 15.4. The van der Waals surface area contributed by atoms with Crippen molar-refractivity contribution < 1.29 is 4.74 Å². The summed E-state index contributed by atoms with van der Waals surface area (Å²) in [5.41, 5.74) is 7.41. The van der Waals surface area contributed by atoms with Crippen molar-refractivity contribution in [3.63, 3.8) is 0 Å². The molecule has 1 aliphatic rings. The van der Waals surface area contributed by atoms with Gasteiger partial charge in [0.25, 0.3) is 0 Å². The van der Waals surface area contributed by atoms with Gasteiger partial charge >= 0.3 is 0 Å². The molecule has 21 heavy (non-hydrogen) atoms. The third kappa shape index (κ3) is 3.31. The summed E-state index contributed by atoms with van der Waals surface area (Å²) in [4.78, 5) is 7.28. The molecule has 1 aromatic heterocycles. The Kier molecular flexibility index (Phi) is 4.31. The molecule has 0 unspecified atom stereocenters. The molecule has 0 saturated carbocycles. The number of ether oxygens (including phenoxy) is 1. The van der Waals surface area contributed by atoms with Gasteiger partial charge < -0.3 is 10.5 Å². The van der Waals surface area contributed by atoms with Gasteiger partial charge in [0, 0.05) is 11.9 Å². The maximum absolute atomic E-state index is 5.85. The summed E-state index contributed by atoms with van der Waals surface area (Å²) in [6.07, 6.45) is 2.57. The Morgan fingerprint density at radius 3 is 2.81 bits per heavy atom. The maximum Gasteiger partial charge on any atom is 0.224 e. The average Bonchev–Trinajstić information content (AvgIpc) is 2.99. The highest BCUT2D eigenvalue weighted by atomic mass is 32.1. The van der Waals surface area contributed by atoms with Gasteiger partial charge in [0.2, 0.25) is 5.88 Å². The number of para-hydroxylation sites is 1. The lowest BCUT2D eigenvalue weighted by Gasteiger charge is -2.16. The van der Waals surface area contributed by atoms with E-state index in [9.17, 15) is 0 Å². The molecule has 110 valence electrons. The lowest BCUT2D eigenvalue weighted by atomic mass is 10.1. The minimum absolute atomic E-state index is 0.324. The summed E-state index contributed by atoms with van der Waals surface area (Å²) < 4.78 is 5.85. The number of aromatic nitrogens is 1. The van der Waals surface area contributed by atoms with Gasteiger partial charge in [-0.15, -0.1) is 0 Å². The fourth-order valence-electron chi connectivity index (χ4n) is 2.66. The topological polar surface area (TPSA) is 51.4 Å². The van der Waals surface area contributed by atoms with Gasteiger partial charge in [-0.1, -0.05) is 30.4 Å². The molecule has 0 atom stereocenters. The third-order valence-corrected chi connectivity index (χ3v) is 4.02. The number of hydrogen-bond donors (Lipinski definition) is 1. The van der Waals surface area contributed by atoms with Crippen LogP contribution in [0.1, 0.15) is 18.4 Å². The zero-order valence-corrected chi connectivity index (χ0v) is 12.7. The van der Waals surface area contributed by atoms with E-state index in [1.807, 2.05) is 30.3 Å². The molecular formula is C16H19N3OS. The van der Waals surface area contributed by atoms with E-state index in [-0.39, 0.29) is 0 Å². The first kappa shape index (κ1) is 14.2. The molecule has 0 amide bonds. The highest BCUT2D eigenvalue weighted by Crippen LogP contribution is 2.22. The molecule has 1 aromatic carbocycles. The van der Waals surface area contributed by atoms with Crippen molar-refractivity contribution in [3.8, 4) is 5.88 Å². The van der Waals surface area contributed by atoms with E-state index in [2.05, 4.69) is 9.88 Å². The summed E-state index contributed by atoms with van der Waals surface area (Å²) in [7, 11) is 0. The number of nitrogens with two attached hydrogens (primary N) is 1. The van der Waals surface area contributed by atoms with Gasteiger partial charge in [-0.2, -0.15) is 0 Å². The largest absolute Gasteiger partial charge is 0.476 e. The van der Waals surface area contributed by atoms with Gasteiger partial charge in [-0.3, -0.25) is 4.90 Å². The van der Waals surface area contributed by atoms with Gasteiger partial charge in [0.05, 0.1) is 11.1 Å². The van der Waals surface area contributed by atoms with Crippen LogP contribution in [0.2, 0.25) is 0 Å². The highest BCUT2D eigenvalue weighted by Gasteiger charge is 2.13. The van der Waals surface area contributed by atoms with E-state index in [1.165, 1.54) is 12.8 Å². The summed E-state index contributed by atoms with van der Waals surface area (Å²) in [5.74, 6) is 0.542. The van der Waals surface area contributed by atoms with E-state index < -0.39 is 0 Å². The van der Waals surface area contributed by atoms with Crippen molar-refractivity contribution in [2.24, 2.45) is 5.73 Å². The maximum atomic E-state index is 5.85. The monoisotopic (exact) mass is 301 g/mol. The van der Waals surface area contributed by atoms with Crippen molar-refractivity contribution >= 4 is 28.1 Å². The van der Waals surface area contributed by atoms with Crippen LogP contribution in [0.25, 0.3) is 10.9 Å². The van der Waals surface area contributed by atoms with E-state index in [0.717, 1.165) is 30.5 Å². The zero-order chi connectivity index (χ0) is 14.7. The van der Waals surface area contributed by atoms with Gasteiger partial charge in [0.15, 0.2) is 0 Å². The second-order valence-corrected chi connectivity index (χ2v) is 5.74. The lowest BCUT2D eigenvalue weighted by Crippen LogP contribution is -2.25. The third-order valence-electron chi connectivity index (χ3n) is 3.80. The molecule has 3 rings (SSSR count). The fraction of sp³-hybridized carbons (Fsp3) is 0.375. The van der Waals surface area contributed by atoms with Crippen molar-refractivity contribution in [1.29, 1.82) is 0 Å². The standard InChI is InChI=1S/C16H19N3OS/c17-15(21)13-11-12-5-1-2-6-14(12)18-16(13)20-10-9-19-7-3-4-8-19/h1-2,5-6,11H,3-4,7-10H2,(H2,17,21). The smallest absolute Gasteiger partial charge is 0.224 e. The second-order valence-electron chi connectivity index (χ2n) is 5.30. The quantitative estimate of drug-likeness (QED) is 0.859. The highest BCUT2D eigenvalue weighted by molar-refractivity contribution is 7.80. The second kappa shape index (κ2) is 6.37. The molecular weight excluding hydrogens is 282 g/mol. The predicted molar refractivity (Wildman–Crippen MR) is 88.8 cm³/mol. The molecule has 0 aliphatic carbocycles. The summed E-state index contributed by atoms with van der Waals surface area (Å²) in [5, 5.41) is 1.02. The van der Waals surface area contributed by atoms with Crippen molar-refractivity contribution in [3.05, 3.63) is 35.9 Å². The molecule has 2 heterocycles. The van der Waals surface area contributed by atoms with Crippen LogP contribution >= 0.6 is 12.2 Å². The van der Waals surface area contributed by atoms with Gasteiger partial charge in [-0.25, -0.2) is 4.98 Å². The SMILES string of the molecule is NC(=S)c1cc2ccccc2nc1OCCN1CCCC1. The minimum atomic E-state index is 0.324. The molecule has 4 nitrogen and oxygen atoms in total. The molecule has 0 radical (unpaired) electrons. The number of fused-ring (bicyclic) bond motifs is 1. The summed E-state index contributed by atoms with van der Waals surface area (Å²) in [6.45, 7) is 3.86. The van der Waals surface area contributed by atoms with Crippen LogP contribution in [0.15, 0.2) is 30.3 Å². The van der Waals surface area contributed by atoms with Crippen molar-refractivity contribution in [2.45, 2.75) is 12.8 Å². The first-order valence-corrected chi connectivity index (χ1v) is 7.69. The molecule has 1 aliphatic heterocycles. The van der Waals surface area contributed by atoms with Crippen LogP contribution in [-0.4, -0.2) is 41.1 Å². The number of thiocarbonyl (C=S) groups is 1. The van der Waals surface area contributed by atoms with E-state index in [0.29, 0.717) is 23.0 Å². The first-order chi connectivity index (χ1) is 10.2. The fourth-order valence-corrected chi connectivity index (χ4v) is 2.81. The average molecular weight is 301 g/mol. The Morgan fingerprint density at radius 2 is 2.05 bits per heavy atom. The number of nitrogens with zero attached hydrogens (tertiary/aromatic N) is 2. The number of rotatable bonds is 5. The van der Waals surface area contributed by atoms with Crippen LogP contribution < -0.4 is 10.5 Å². The molecule has 0 spiro atoms. The van der Waals surface area contributed by atoms with Crippen LogP contribution in [0.4, 0.5) is 0 Å². The molecule has 1 saturated heterocycles. The number of hydrogen-bond acceptors (Lipinski definition) is 4. The number of likely N-dealkylation sites (tertiary alicyclic amines) is 1. The van der Waals surface area contributed by atoms with E-state index >= 15 is 0 Å². The Balaban J connectivity index is 1.78. The minimum Gasteiger partial charge on any atom is -0.476 e. The van der Waals surface area contributed by atoms with E-state index in [4.69, 9.17) is 22.7 Å². The number of benzene rings is 1. The first-order valence-electron chi connectivity index (χ1n) is 7.29. The molecule has 2 N–H and O–H groups in total. The van der Waals surface area contributed by atoms with Crippen LogP contribution in [0.3, 0.4) is 0 Å². The van der Waals surface area contributed by atoms with E-state index in [1.54, 1.807) is 0 Å². The number of pyridine rings is 1. The van der Waals surface area contributed by atoms with Crippen molar-refractivity contribution in [1.82, 2.24) is 9.88 Å². The lowest BCUT2D eigenvalue weighted by molar-refractivity contribution is 0.232. The molecule has 1 fully saturated rings. The van der Waals surface area contributed by atoms with Gasteiger partial charge in [0.1, 0.15) is 11.6 Å². The molecule has 2 aromatic rings. The van der Waals surface area contributed by atoms with Crippen LogP contribution in [0.5, 0.6) is 5.88 Å². The summed E-state index contributed by atoms with van der Waals surface area (Å²) in [6, 6.07) is 9.85. The van der Waals surface area contributed by atoms with Crippen molar-refractivity contribution in [2.75, 3.05) is 26.2 Å². The predicted octanol–water partition coefficient (Wildman–Crippen LogP) is 2.34. The zero-order valence-electron chi connectivity index (χ0n) is 11.9. The molecule has 5 heteroatoms. The summed E-state index contributed by atoms with van der Waals surface area (Å²) >= 11 is 5.12. The Bertz CT molecular complexity index is 653.